The zero-order valence-electron chi connectivity index (χ0n) is 10.2. The van der Waals surface area contributed by atoms with Gasteiger partial charge in [-0.3, -0.25) is 4.79 Å². The van der Waals surface area contributed by atoms with Gasteiger partial charge in [0, 0.05) is 18.7 Å². The second-order valence-corrected chi connectivity index (χ2v) is 4.82. The molecule has 5 nitrogen and oxygen atoms in total. The first-order valence-corrected chi connectivity index (χ1v) is 6.56. The van der Waals surface area contributed by atoms with Crippen molar-refractivity contribution in [1.82, 2.24) is 10.3 Å². The van der Waals surface area contributed by atoms with Gasteiger partial charge in [-0.05, 0) is 42.6 Å². The molecule has 0 unspecified atom stereocenters. The summed E-state index contributed by atoms with van der Waals surface area (Å²) in [6.45, 7) is 1.32. The van der Waals surface area contributed by atoms with Crippen LogP contribution in [-0.2, 0) is 4.74 Å². The summed E-state index contributed by atoms with van der Waals surface area (Å²) in [6.07, 6.45) is 2.19. The lowest BCUT2D eigenvalue weighted by molar-refractivity contribution is 0.0858. The smallest absolute Gasteiger partial charge is 0.293 e. The number of rotatable bonds is 3. The van der Waals surface area contributed by atoms with E-state index in [1.54, 1.807) is 18.2 Å². The van der Waals surface area contributed by atoms with Crippen LogP contribution in [0.3, 0.4) is 0 Å². The zero-order chi connectivity index (χ0) is 13.2. The van der Waals surface area contributed by atoms with Crippen molar-refractivity contribution in [3.8, 4) is 0 Å². The third kappa shape index (κ3) is 2.72. The van der Waals surface area contributed by atoms with Crippen molar-refractivity contribution in [2.75, 3.05) is 13.2 Å². The Balaban J connectivity index is 1.69. The lowest BCUT2D eigenvalue weighted by Crippen LogP contribution is -2.31. The number of amides is 1. The maximum Gasteiger partial charge on any atom is 0.293 e. The van der Waals surface area contributed by atoms with E-state index < -0.39 is 0 Å². The second kappa shape index (κ2) is 5.19. The predicted octanol–water partition coefficient (Wildman–Crippen LogP) is 2.39. The summed E-state index contributed by atoms with van der Waals surface area (Å²) in [4.78, 5) is 16.0. The number of hydrogen-bond donors (Lipinski definition) is 1. The molecule has 1 atom stereocenters. The van der Waals surface area contributed by atoms with E-state index in [0.29, 0.717) is 23.2 Å². The highest BCUT2D eigenvalue weighted by atomic mass is 35.5. The van der Waals surface area contributed by atoms with Crippen molar-refractivity contribution < 1.29 is 13.9 Å². The van der Waals surface area contributed by atoms with Crippen LogP contribution in [0.4, 0.5) is 0 Å². The molecule has 1 N–H and O–H groups in total. The molecule has 0 aliphatic carbocycles. The molecule has 2 heterocycles. The Hall–Kier alpha value is -1.59. The average molecular weight is 281 g/mol. The molecule has 3 rings (SSSR count). The molecule has 19 heavy (non-hydrogen) atoms. The van der Waals surface area contributed by atoms with Gasteiger partial charge in [-0.25, -0.2) is 0 Å². The van der Waals surface area contributed by atoms with Gasteiger partial charge < -0.3 is 14.5 Å². The number of fused-ring (bicyclic) bond motifs is 1. The number of nitrogens with one attached hydrogen (secondary N) is 1. The van der Waals surface area contributed by atoms with Crippen LogP contribution in [0.2, 0.25) is 5.35 Å². The Labute approximate surface area is 114 Å². The summed E-state index contributed by atoms with van der Waals surface area (Å²) in [7, 11) is 0. The van der Waals surface area contributed by atoms with Crippen molar-refractivity contribution in [3.63, 3.8) is 0 Å². The first kappa shape index (κ1) is 12.4. The highest BCUT2D eigenvalue weighted by molar-refractivity contribution is 6.28. The summed E-state index contributed by atoms with van der Waals surface area (Å²) >= 11 is 5.67. The lowest BCUT2D eigenvalue weighted by atomic mass is 10.2. The maximum absolute atomic E-state index is 12.0. The average Bonchev–Trinajstić information content (AvgIpc) is 3.02. The molecule has 1 aromatic heterocycles. The number of ether oxygens (including phenoxy) is 1. The van der Waals surface area contributed by atoms with Gasteiger partial charge in [0.2, 0.25) is 0 Å². The van der Waals surface area contributed by atoms with Gasteiger partial charge in [0.25, 0.3) is 11.3 Å². The molecular formula is C13H13ClN2O3. The van der Waals surface area contributed by atoms with Gasteiger partial charge in [-0.15, -0.1) is 0 Å². The molecular weight excluding hydrogens is 268 g/mol. The number of carbonyl (C=O) groups is 1. The van der Waals surface area contributed by atoms with Crippen LogP contribution in [0.5, 0.6) is 0 Å². The van der Waals surface area contributed by atoms with Crippen LogP contribution < -0.4 is 5.32 Å². The molecule has 6 heteroatoms. The minimum atomic E-state index is -0.148. The van der Waals surface area contributed by atoms with Gasteiger partial charge in [-0.2, -0.15) is 4.98 Å². The molecule has 2 aromatic rings. The highest BCUT2D eigenvalue weighted by Gasteiger charge is 2.17. The van der Waals surface area contributed by atoms with Gasteiger partial charge in [-0.1, -0.05) is 0 Å². The van der Waals surface area contributed by atoms with E-state index in [-0.39, 0.29) is 17.4 Å². The quantitative estimate of drug-likeness (QED) is 0.937. The SMILES string of the molecule is O=C(NC[C@H]1CCCO1)c1ccc2nc(Cl)oc2c1. The minimum Gasteiger partial charge on any atom is -0.428 e. The summed E-state index contributed by atoms with van der Waals surface area (Å²) in [5, 5.41) is 2.93. The minimum absolute atomic E-state index is 0.0758. The Kier molecular flexibility index (Phi) is 3.40. The van der Waals surface area contributed by atoms with Crippen LogP contribution in [0.15, 0.2) is 22.6 Å². The van der Waals surface area contributed by atoms with Crippen LogP contribution in [0.25, 0.3) is 11.1 Å². The fourth-order valence-electron chi connectivity index (χ4n) is 2.15. The molecule has 1 aliphatic rings. The fourth-order valence-corrected chi connectivity index (χ4v) is 2.33. The maximum atomic E-state index is 12.0. The van der Waals surface area contributed by atoms with Crippen molar-refractivity contribution in [1.29, 1.82) is 0 Å². The number of halogens is 1. The molecule has 0 bridgehead atoms. The van der Waals surface area contributed by atoms with Crippen LogP contribution in [0, 0.1) is 0 Å². The van der Waals surface area contributed by atoms with Gasteiger partial charge in [0.05, 0.1) is 6.10 Å². The third-order valence-electron chi connectivity index (χ3n) is 3.14. The van der Waals surface area contributed by atoms with E-state index in [2.05, 4.69) is 10.3 Å². The number of oxazole rings is 1. The fraction of sp³-hybridized carbons (Fsp3) is 0.385. The molecule has 0 spiro atoms. The summed E-state index contributed by atoms with van der Waals surface area (Å²) in [5.74, 6) is -0.148. The highest BCUT2D eigenvalue weighted by Crippen LogP contribution is 2.20. The monoisotopic (exact) mass is 280 g/mol. The molecule has 0 saturated carbocycles. The van der Waals surface area contributed by atoms with Gasteiger partial charge in [0.15, 0.2) is 5.58 Å². The molecule has 0 radical (unpaired) electrons. The number of aromatic nitrogens is 1. The second-order valence-electron chi connectivity index (χ2n) is 4.49. The van der Waals surface area contributed by atoms with Gasteiger partial charge in [0.1, 0.15) is 5.52 Å². The predicted molar refractivity (Wildman–Crippen MR) is 70.3 cm³/mol. The van der Waals surface area contributed by atoms with Crippen LogP contribution in [0.1, 0.15) is 23.2 Å². The van der Waals surface area contributed by atoms with Crippen molar-refractivity contribution in [2.24, 2.45) is 0 Å². The summed E-state index contributed by atoms with van der Waals surface area (Å²) < 4.78 is 10.6. The summed E-state index contributed by atoms with van der Waals surface area (Å²) in [5.41, 5.74) is 1.67. The molecule has 100 valence electrons. The van der Waals surface area contributed by atoms with E-state index in [9.17, 15) is 4.79 Å². The Morgan fingerprint density at radius 1 is 1.53 bits per heavy atom. The van der Waals surface area contributed by atoms with Gasteiger partial charge >= 0.3 is 0 Å². The normalized spacial score (nSPS) is 18.9. The number of hydrogen-bond acceptors (Lipinski definition) is 4. The van der Waals surface area contributed by atoms with E-state index in [0.717, 1.165) is 19.4 Å². The molecule has 1 amide bonds. The lowest BCUT2D eigenvalue weighted by Gasteiger charge is -2.10. The molecule has 1 aromatic carbocycles. The first-order valence-electron chi connectivity index (χ1n) is 6.18. The van der Waals surface area contributed by atoms with E-state index in [1.807, 2.05) is 0 Å². The van der Waals surface area contributed by atoms with Crippen LogP contribution >= 0.6 is 11.6 Å². The van der Waals surface area contributed by atoms with E-state index >= 15 is 0 Å². The zero-order valence-corrected chi connectivity index (χ0v) is 10.9. The Bertz CT molecular complexity index is 605. The third-order valence-corrected chi connectivity index (χ3v) is 3.30. The number of benzene rings is 1. The molecule has 1 aliphatic heterocycles. The number of nitrogens with zero attached hydrogens (tertiary/aromatic N) is 1. The largest absolute Gasteiger partial charge is 0.428 e. The van der Waals surface area contributed by atoms with Crippen molar-refractivity contribution in [3.05, 3.63) is 29.1 Å². The Morgan fingerprint density at radius 2 is 2.42 bits per heavy atom. The summed E-state index contributed by atoms with van der Waals surface area (Å²) in [6, 6.07) is 5.05. The topological polar surface area (TPSA) is 64.4 Å². The van der Waals surface area contributed by atoms with Crippen molar-refractivity contribution >= 4 is 28.6 Å². The Morgan fingerprint density at radius 3 is 3.21 bits per heavy atom. The molecule has 1 saturated heterocycles. The van der Waals surface area contributed by atoms with E-state index in [1.165, 1.54) is 0 Å². The first-order chi connectivity index (χ1) is 9.22. The standard InChI is InChI=1S/C13H13ClN2O3/c14-13-16-10-4-3-8(6-11(10)19-13)12(17)15-7-9-2-1-5-18-9/h3-4,6,9H,1-2,5,7H2,(H,15,17)/t9-/m1/s1. The molecule has 1 fully saturated rings. The number of carbonyl (C=O) groups excluding carboxylic acids is 1. The van der Waals surface area contributed by atoms with E-state index in [4.69, 9.17) is 20.8 Å². The van der Waals surface area contributed by atoms with Crippen LogP contribution in [-0.4, -0.2) is 30.1 Å². The van der Waals surface area contributed by atoms with Crippen molar-refractivity contribution in [2.45, 2.75) is 18.9 Å².